The Bertz CT molecular complexity index is 148. The van der Waals surface area contributed by atoms with Gasteiger partial charge in [-0.2, -0.15) is 0 Å². The minimum Gasteiger partial charge on any atom is -0.0654 e. The molecule has 0 bridgehead atoms. The van der Waals surface area contributed by atoms with Crippen LogP contribution in [0.15, 0.2) is 0 Å². The third-order valence-corrected chi connectivity index (χ3v) is 3.86. The Morgan fingerprint density at radius 1 is 0.722 bits per heavy atom. The van der Waals surface area contributed by atoms with E-state index in [0.29, 0.717) is 5.92 Å². The minimum absolute atomic E-state index is 0.628. The Morgan fingerprint density at radius 3 is 1.61 bits per heavy atom. The molecule has 0 aromatic heterocycles. The van der Waals surface area contributed by atoms with Gasteiger partial charge in [0.25, 0.3) is 0 Å². The van der Waals surface area contributed by atoms with Crippen molar-refractivity contribution in [2.75, 3.05) is 0 Å². The molecule has 2 atom stereocenters. The molecule has 0 saturated carbocycles. The number of hydrogen-bond acceptors (Lipinski definition) is 0. The molecule has 18 heavy (non-hydrogen) atoms. The predicted molar refractivity (Wildman–Crippen MR) is 84.8 cm³/mol. The second-order valence-corrected chi connectivity index (χ2v) is 6.42. The minimum atomic E-state index is 0.628. The van der Waals surface area contributed by atoms with Gasteiger partial charge in [-0.15, -0.1) is 0 Å². The first-order chi connectivity index (χ1) is 8.66. The number of rotatable bonds is 13. The molecule has 2 unspecified atom stereocenters. The normalized spacial score (nSPS) is 13.2. The molecule has 0 saturated heterocycles. The van der Waals surface area contributed by atoms with Gasteiger partial charge in [0.15, 0.2) is 0 Å². The van der Waals surface area contributed by atoms with Gasteiger partial charge in [0.2, 0.25) is 0 Å². The van der Waals surface area contributed by atoms with Gasteiger partial charge in [-0.25, -0.2) is 0 Å². The molecule has 0 aliphatic carbocycles. The third-order valence-electron chi connectivity index (χ3n) is 3.86. The standard InChI is InChI=1S/C18H37/c1-5-6-7-8-9-10-11-12-13-14-15-18(4)16-17(2)3/h17-18H,2,5-16H2,1,3-4H3. The topological polar surface area (TPSA) is 0 Å². The summed E-state index contributed by atoms with van der Waals surface area (Å²) in [7, 11) is 0. The first-order valence-electron chi connectivity index (χ1n) is 8.49. The molecule has 0 heteroatoms. The lowest BCUT2D eigenvalue weighted by molar-refractivity contribution is 0.414. The quantitative estimate of drug-likeness (QED) is 0.317. The fourth-order valence-corrected chi connectivity index (χ4v) is 2.78. The average molecular weight is 253 g/mol. The molecule has 0 spiro atoms. The van der Waals surface area contributed by atoms with E-state index >= 15 is 0 Å². The first kappa shape index (κ1) is 18.0. The lowest BCUT2D eigenvalue weighted by atomic mass is 9.93. The molecule has 0 nitrogen and oxygen atoms in total. The van der Waals surface area contributed by atoms with Crippen LogP contribution in [0.5, 0.6) is 0 Å². The SMILES string of the molecule is [CH2]C(C)CC(C)CCCCCCCCCCCC. The molecule has 0 aliphatic rings. The van der Waals surface area contributed by atoms with E-state index in [1.165, 1.54) is 77.0 Å². The highest BCUT2D eigenvalue weighted by Gasteiger charge is 2.04. The van der Waals surface area contributed by atoms with E-state index in [-0.39, 0.29) is 0 Å². The summed E-state index contributed by atoms with van der Waals surface area (Å²) >= 11 is 0. The van der Waals surface area contributed by atoms with Crippen molar-refractivity contribution >= 4 is 0 Å². The molecule has 0 aromatic carbocycles. The zero-order valence-corrected chi connectivity index (χ0v) is 13.3. The molecule has 0 fully saturated rings. The van der Waals surface area contributed by atoms with Gasteiger partial charge >= 0.3 is 0 Å². The van der Waals surface area contributed by atoms with Crippen LogP contribution in [0.3, 0.4) is 0 Å². The van der Waals surface area contributed by atoms with Gasteiger partial charge in [-0.3, -0.25) is 0 Å². The highest BCUT2D eigenvalue weighted by atomic mass is 14.1. The number of unbranched alkanes of at least 4 members (excludes halogenated alkanes) is 9. The van der Waals surface area contributed by atoms with Crippen LogP contribution >= 0.6 is 0 Å². The van der Waals surface area contributed by atoms with Crippen LogP contribution in [-0.2, 0) is 0 Å². The highest BCUT2D eigenvalue weighted by Crippen LogP contribution is 2.18. The smallest absolute Gasteiger partial charge is 0.0440 e. The molecule has 109 valence electrons. The van der Waals surface area contributed by atoms with Crippen molar-refractivity contribution in [3.8, 4) is 0 Å². The monoisotopic (exact) mass is 253 g/mol. The number of hydrogen-bond donors (Lipinski definition) is 0. The maximum atomic E-state index is 4.08. The Hall–Kier alpha value is 0. The average Bonchev–Trinajstić information content (AvgIpc) is 2.30. The van der Waals surface area contributed by atoms with Gasteiger partial charge < -0.3 is 0 Å². The van der Waals surface area contributed by atoms with Crippen LogP contribution < -0.4 is 0 Å². The summed E-state index contributed by atoms with van der Waals surface area (Å²) in [6.07, 6.45) is 17.2. The maximum absolute atomic E-state index is 4.08. The van der Waals surface area contributed by atoms with Gasteiger partial charge in [-0.1, -0.05) is 98.3 Å². The van der Waals surface area contributed by atoms with Crippen molar-refractivity contribution in [2.24, 2.45) is 11.8 Å². The van der Waals surface area contributed by atoms with E-state index in [0.717, 1.165) is 5.92 Å². The largest absolute Gasteiger partial charge is 0.0654 e. The summed E-state index contributed by atoms with van der Waals surface area (Å²) in [6, 6.07) is 0. The third kappa shape index (κ3) is 14.1. The van der Waals surface area contributed by atoms with E-state index in [2.05, 4.69) is 27.7 Å². The summed E-state index contributed by atoms with van der Waals surface area (Å²) < 4.78 is 0. The van der Waals surface area contributed by atoms with Crippen LogP contribution in [0.25, 0.3) is 0 Å². The fourth-order valence-electron chi connectivity index (χ4n) is 2.78. The van der Waals surface area contributed by atoms with Crippen molar-refractivity contribution < 1.29 is 0 Å². The van der Waals surface area contributed by atoms with E-state index in [4.69, 9.17) is 0 Å². The first-order valence-corrected chi connectivity index (χ1v) is 8.49. The Kier molecular flexibility index (Phi) is 13.4. The van der Waals surface area contributed by atoms with Crippen molar-refractivity contribution in [2.45, 2.75) is 97.8 Å². The summed E-state index contributed by atoms with van der Waals surface area (Å²) in [4.78, 5) is 0. The van der Waals surface area contributed by atoms with Crippen molar-refractivity contribution in [1.82, 2.24) is 0 Å². The maximum Gasteiger partial charge on any atom is -0.0440 e. The summed E-state index contributed by atoms with van der Waals surface area (Å²) in [6.45, 7) is 11.0. The second kappa shape index (κ2) is 13.4. The van der Waals surface area contributed by atoms with E-state index in [1.54, 1.807) is 0 Å². The lowest BCUT2D eigenvalue weighted by Crippen LogP contribution is -2.00. The van der Waals surface area contributed by atoms with Crippen LogP contribution in [0.4, 0.5) is 0 Å². The zero-order valence-electron chi connectivity index (χ0n) is 13.3. The van der Waals surface area contributed by atoms with Gasteiger partial charge in [0.1, 0.15) is 0 Å². The van der Waals surface area contributed by atoms with Crippen molar-refractivity contribution in [3.63, 3.8) is 0 Å². The van der Waals surface area contributed by atoms with Gasteiger partial charge in [0, 0.05) is 0 Å². The summed E-state index contributed by atoms with van der Waals surface area (Å²) in [5.41, 5.74) is 0. The van der Waals surface area contributed by atoms with Crippen LogP contribution in [0.1, 0.15) is 97.8 Å². The van der Waals surface area contributed by atoms with Crippen LogP contribution in [0, 0.1) is 18.8 Å². The molecule has 0 aliphatic heterocycles. The fraction of sp³-hybridized carbons (Fsp3) is 0.944. The lowest BCUT2D eigenvalue weighted by Gasteiger charge is -2.13. The van der Waals surface area contributed by atoms with E-state index < -0.39 is 0 Å². The Labute approximate surface area is 117 Å². The van der Waals surface area contributed by atoms with Crippen LogP contribution in [0.2, 0.25) is 0 Å². The summed E-state index contributed by atoms with van der Waals surface area (Å²) in [5.74, 6) is 1.51. The molecule has 0 N–H and O–H groups in total. The molecular weight excluding hydrogens is 216 g/mol. The van der Waals surface area contributed by atoms with Crippen molar-refractivity contribution in [3.05, 3.63) is 6.92 Å². The molecule has 0 aromatic rings. The molecule has 0 amide bonds. The van der Waals surface area contributed by atoms with Gasteiger partial charge in [-0.05, 0) is 18.3 Å². The summed E-state index contributed by atoms with van der Waals surface area (Å²) in [5, 5.41) is 0. The van der Waals surface area contributed by atoms with Crippen molar-refractivity contribution in [1.29, 1.82) is 0 Å². The molecule has 1 radical (unpaired) electrons. The molecular formula is C18H37. The van der Waals surface area contributed by atoms with Gasteiger partial charge in [0.05, 0.1) is 0 Å². The zero-order chi connectivity index (χ0) is 13.6. The van der Waals surface area contributed by atoms with E-state index in [1.807, 2.05) is 0 Å². The molecule has 0 heterocycles. The highest BCUT2D eigenvalue weighted by molar-refractivity contribution is 4.61. The van der Waals surface area contributed by atoms with Crippen LogP contribution in [-0.4, -0.2) is 0 Å². The van der Waals surface area contributed by atoms with E-state index in [9.17, 15) is 0 Å². The Balaban J connectivity index is 3.07. The Morgan fingerprint density at radius 2 is 1.17 bits per heavy atom. The molecule has 0 rings (SSSR count). The predicted octanol–water partition coefficient (Wildman–Crippen LogP) is 6.79. The second-order valence-electron chi connectivity index (χ2n) is 6.42.